The van der Waals surface area contributed by atoms with Gasteiger partial charge in [0, 0.05) is 25.5 Å². The summed E-state index contributed by atoms with van der Waals surface area (Å²) in [6.45, 7) is 8.59. The van der Waals surface area contributed by atoms with Crippen LogP contribution < -0.4 is 4.90 Å². The van der Waals surface area contributed by atoms with E-state index in [9.17, 15) is 18.0 Å². The number of aryl methyl sites for hydroxylation is 1. The summed E-state index contributed by atoms with van der Waals surface area (Å²) >= 11 is 0. The van der Waals surface area contributed by atoms with E-state index >= 15 is 0 Å². The number of pyridine rings is 1. The number of rotatable bonds is 3. The third-order valence-corrected chi connectivity index (χ3v) is 6.30. The number of furan rings is 1. The largest absolute Gasteiger partial charge is 0.490 e. The number of nitrogens with zero attached hydrogens (tertiary/aromatic N) is 4. The van der Waals surface area contributed by atoms with E-state index in [4.69, 9.17) is 14.3 Å². The Morgan fingerprint density at radius 2 is 1.92 bits per heavy atom. The van der Waals surface area contributed by atoms with Crippen molar-refractivity contribution in [2.45, 2.75) is 38.9 Å². The van der Waals surface area contributed by atoms with Crippen LogP contribution in [0.2, 0.25) is 0 Å². The number of aromatic nitrogens is 2. The van der Waals surface area contributed by atoms with Crippen LogP contribution >= 0.6 is 0 Å². The van der Waals surface area contributed by atoms with Gasteiger partial charge in [0.2, 0.25) is 0 Å². The highest BCUT2D eigenvalue weighted by molar-refractivity contribution is 5.92. The SMILES string of the molecule is Cc1ccc(C(=O)N2CCC3(C2)c2cccn2-c2ncccc2N3CC(C)C)o1.O=C(O)C(F)(F)F. The molecule has 0 bridgehead atoms. The molecule has 0 aliphatic carbocycles. The predicted octanol–water partition coefficient (Wildman–Crippen LogP) is 4.62. The summed E-state index contributed by atoms with van der Waals surface area (Å²) in [6, 6.07) is 12.0. The number of aliphatic carboxylic acids is 1. The van der Waals surface area contributed by atoms with Crippen LogP contribution in [0.4, 0.5) is 18.9 Å². The molecule has 5 rings (SSSR count). The number of halogens is 3. The molecule has 2 aliphatic heterocycles. The van der Waals surface area contributed by atoms with E-state index in [0.29, 0.717) is 24.8 Å². The first kappa shape index (κ1) is 25.3. The van der Waals surface area contributed by atoms with Crippen molar-refractivity contribution < 1.29 is 32.3 Å². The Kier molecular flexibility index (Phi) is 6.59. The van der Waals surface area contributed by atoms with E-state index in [2.05, 4.69) is 52.7 Å². The summed E-state index contributed by atoms with van der Waals surface area (Å²) in [5.74, 6) is -0.162. The van der Waals surface area contributed by atoms with Gasteiger partial charge in [0.15, 0.2) is 11.6 Å². The summed E-state index contributed by atoms with van der Waals surface area (Å²) in [5.41, 5.74) is 2.07. The van der Waals surface area contributed by atoms with Gasteiger partial charge >= 0.3 is 12.1 Å². The summed E-state index contributed by atoms with van der Waals surface area (Å²) < 4.78 is 39.5. The van der Waals surface area contributed by atoms with Crippen LogP contribution in [0.1, 0.15) is 42.3 Å². The van der Waals surface area contributed by atoms with Crippen molar-refractivity contribution in [2.24, 2.45) is 5.92 Å². The van der Waals surface area contributed by atoms with Crippen LogP contribution in [-0.4, -0.2) is 57.2 Å². The zero-order valence-electron chi connectivity index (χ0n) is 20.1. The first-order valence-corrected chi connectivity index (χ1v) is 11.5. The van der Waals surface area contributed by atoms with Gasteiger partial charge in [0.1, 0.15) is 11.3 Å². The molecule has 3 aromatic heterocycles. The monoisotopic (exact) mass is 504 g/mol. The average Bonchev–Trinajstić information content (AvgIpc) is 3.56. The molecule has 0 radical (unpaired) electrons. The van der Waals surface area contributed by atoms with Gasteiger partial charge in [-0.1, -0.05) is 13.8 Å². The fourth-order valence-corrected chi connectivity index (χ4v) is 4.84. The molecule has 1 spiro atoms. The highest BCUT2D eigenvalue weighted by atomic mass is 19.4. The first-order valence-electron chi connectivity index (χ1n) is 11.5. The molecular formula is C25H27F3N4O4. The Balaban J connectivity index is 0.000000384. The fourth-order valence-electron chi connectivity index (χ4n) is 4.84. The molecule has 1 N–H and O–H groups in total. The second-order valence-electron chi connectivity index (χ2n) is 9.34. The Labute approximate surface area is 205 Å². The highest BCUT2D eigenvalue weighted by Gasteiger charge is 2.51. The lowest BCUT2D eigenvalue weighted by Gasteiger charge is -2.47. The quantitative estimate of drug-likeness (QED) is 0.560. The molecule has 1 unspecified atom stereocenters. The molecule has 192 valence electrons. The lowest BCUT2D eigenvalue weighted by molar-refractivity contribution is -0.192. The molecule has 8 nitrogen and oxygen atoms in total. The molecule has 1 atom stereocenters. The molecule has 2 aliphatic rings. The van der Waals surface area contributed by atoms with Gasteiger partial charge in [0.05, 0.1) is 17.9 Å². The maximum atomic E-state index is 13.1. The van der Waals surface area contributed by atoms with Crippen LogP contribution in [0.25, 0.3) is 5.82 Å². The van der Waals surface area contributed by atoms with Crippen molar-refractivity contribution in [3.63, 3.8) is 0 Å². The lowest BCUT2D eigenvalue weighted by atomic mass is 9.88. The number of carboxylic acid groups (broad SMARTS) is 1. The van der Waals surface area contributed by atoms with Gasteiger partial charge in [0.25, 0.3) is 5.91 Å². The van der Waals surface area contributed by atoms with Crippen molar-refractivity contribution >= 4 is 17.6 Å². The maximum absolute atomic E-state index is 13.1. The lowest BCUT2D eigenvalue weighted by Crippen LogP contribution is -2.54. The van der Waals surface area contributed by atoms with Crippen LogP contribution in [-0.2, 0) is 10.3 Å². The fraction of sp³-hybridized carbons (Fsp3) is 0.400. The zero-order valence-corrected chi connectivity index (χ0v) is 20.1. The second-order valence-corrected chi connectivity index (χ2v) is 9.34. The Morgan fingerprint density at radius 3 is 2.53 bits per heavy atom. The van der Waals surface area contributed by atoms with Gasteiger partial charge in [-0.25, -0.2) is 9.78 Å². The minimum atomic E-state index is -5.08. The van der Waals surface area contributed by atoms with Crippen LogP contribution in [0.3, 0.4) is 0 Å². The minimum absolute atomic E-state index is 0.0328. The van der Waals surface area contributed by atoms with Gasteiger partial charge < -0.3 is 23.9 Å². The standard InChI is InChI=1S/C23H26N4O2.C2HF3O2/c1-16(2)14-27-18-6-4-11-24-21(18)26-12-5-7-20(26)23(27)10-13-25(15-23)22(28)19-9-8-17(3)29-19;3-2(4,5)1(6)7/h4-9,11-12,16H,10,13-15H2,1-3H3;(H,6,7). The van der Waals surface area contributed by atoms with E-state index in [1.54, 1.807) is 6.07 Å². The van der Waals surface area contributed by atoms with E-state index < -0.39 is 12.1 Å². The molecule has 1 amide bonds. The topological polar surface area (TPSA) is 91.8 Å². The van der Waals surface area contributed by atoms with E-state index in [1.807, 2.05) is 30.2 Å². The molecule has 1 saturated heterocycles. The second kappa shape index (κ2) is 9.36. The number of fused-ring (bicyclic) bond motifs is 4. The number of likely N-dealkylation sites (tertiary alicyclic amines) is 1. The van der Waals surface area contributed by atoms with E-state index in [-0.39, 0.29) is 11.4 Å². The maximum Gasteiger partial charge on any atom is 0.490 e. The van der Waals surface area contributed by atoms with Gasteiger partial charge in [-0.2, -0.15) is 13.2 Å². The molecule has 36 heavy (non-hydrogen) atoms. The number of carboxylic acids is 1. The normalized spacial score (nSPS) is 18.6. The molecule has 3 aromatic rings. The highest BCUT2D eigenvalue weighted by Crippen LogP contribution is 2.47. The van der Waals surface area contributed by atoms with Gasteiger partial charge in [-0.3, -0.25) is 4.79 Å². The number of carbonyl (C=O) groups is 2. The van der Waals surface area contributed by atoms with Crippen molar-refractivity contribution in [3.05, 3.63) is 66.0 Å². The minimum Gasteiger partial charge on any atom is -0.475 e. The number of hydrogen-bond donors (Lipinski definition) is 1. The van der Waals surface area contributed by atoms with Crippen LogP contribution in [0, 0.1) is 12.8 Å². The van der Waals surface area contributed by atoms with E-state index in [0.717, 1.165) is 30.2 Å². The van der Waals surface area contributed by atoms with Crippen LogP contribution in [0.5, 0.6) is 0 Å². The molecular weight excluding hydrogens is 477 g/mol. The Bertz CT molecular complexity index is 1270. The van der Waals surface area contributed by atoms with Crippen LogP contribution in [0.15, 0.2) is 53.2 Å². The average molecular weight is 505 g/mol. The molecule has 11 heteroatoms. The predicted molar refractivity (Wildman–Crippen MR) is 125 cm³/mol. The number of amides is 1. The molecule has 0 saturated carbocycles. The van der Waals surface area contributed by atoms with Crippen molar-refractivity contribution in [2.75, 3.05) is 24.5 Å². The number of anilines is 1. The zero-order chi connectivity index (χ0) is 26.3. The third kappa shape index (κ3) is 4.57. The smallest absolute Gasteiger partial charge is 0.475 e. The molecule has 0 aromatic carbocycles. The van der Waals surface area contributed by atoms with Gasteiger partial charge in [-0.05, 0) is 55.7 Å². The molecule has 5 heterocycles. The number of carbonyl (C=O) groups excluding carboxylic acids is 1. The Morgan fingerprint density at radius 1 is 1.19 bits per heavy atom. The number of alkyl halides is 3. The summed E-state index contributed by atoms with van der Waals surface area (Å²) in [6.07, 6.45) is -0.280. The van der Waals surface area contributed by atoms with Gasteiger partial charge in [-0.15, -0.1) is 0 Å². The van der Waals surface area contributed by atoms with Crippen molar-refractivity contribution in [3.8, 4) is 5.82 Å². The first-order chi connectivity index (χ1) is 16.9. The van der Waals surface area contributed by atoms with Crippen molar-refractivity contribution in [1.29, 1.82) is 0 Å². The third-order valence-electron chi connectivity index (χ3n) is 6.30. The summed E-state index contributed by atoms with van der Waals surface area (Å²) in [7, 11) is 0. The van der Waals surface area contributed by atoms with Crippen molar-refractivity contribution in [1.82, 2.24) is 14.5 Å². The number of hydrogen-bond acceptors (Lipinski definition) is 5. The Hall–Kier alpha value is -3.76. The summed E-state index contributed by atoms with van der Waals surface area (Å²) in [5, 5.41) is 7.12. The van der Waals surface area contributed by atoms with E-state index in [1.165, 1.54) is 5.69 Å². The molecule has 1 fully saturated rings. The summed E-state index contributed by atoms with van der Waals surface area (Å²) in [4.78, 5) is 31.1.